The second kappa shape index (κ2) is 7.52. The molecule has 1 aromatic heterocycles. The average Bonchev–Trinajstić information content (AvgIpc) is 3.31. The lowest BCUT2D eigenvalue weighted by molar-refractivity contribution is 0.0965. The van der Waals surface area contributed by atoms with Gasteiger partial charge in [-0.15, -0.1) is 0 Å². The molecule has 2 aliphatic rings. The first-order valence-corrected chi connectivity index (χ1v) is 10.2. The number of nitrogens with one attached hydrogen (secondary N) is 3. The van der Waals surface area contributed by atoms with Crippen molar-refractivity contribution in [1.82, 2.24) is 15.6 Å². The Balaban J connectivity index is 1.13. The quantitative estimate of drug-likeness (QED) is 0.562. The summed E-state index contributed by atoms with van der Waals surface area (Å²) >= 11 is 0. The monoisotopic (exact) mass is 393 g/mol. The predicted octanol–water partition coefficient (Wildman–Crippen LogP) is 3.47. The van der Waals surface area contributed by atoms with Crippen LogP contribution in [-0.2, 0) is 19.4 Å². The van der Waals surface area contributed by atoms with Crippen molar-refractivity contribution in [3.8, 4) is 5.75 Å². The number of amides is 1. The first-order valence-electron chi connectivity index (χ1n) is 10.2. The van der Waals surface area contributed by atoms with E-state index < -0.39 is 0 Å². The summed E-state index contributed by atoms with van der Waals surface area (Å²) in [5, 5.41) is 7.47. The number of benzene rings is 2. The summed E-state index contributed by atoms with van der Waals surface area (Å²) in [6, 6.07) is 8.91. The van der Waals surface area contributed by atoms with Gasteiger partial charge in [0.15, 0.2) is 0 Å². The summed E-state index contributed by atoms with van der Waals surface area (Å²) in [6.07, 6.45) is 5.87. The standard InChI is InChI=1S/C23H24FN3O2/c24-15-4-6-21-18(9-15)14(11-26-21)3-1-2-8-25-16-10-19-20-12-27-23(28)17(20)5-7-22(19)29-13-16/h4-7,9,11,16,25-26H,1-3,8,10,12-13H2,(H,27,28). The van der Waals surface area contributed by atoms with Crippen molar-refractivity contribution in [3.05, 3.63) is 64.6 Å². The van der Waals surface area contributed by atoms with E-state index in [1.54, 1.807) is 12.1 Å². The topological polar surface area (TPSA) is 66.2 Å². The van der Waals surface area contributed by atoms with E-state index in [-0.39, 0.29) is 17.8 Å². The summed E-state index contributed by atoms with van der Waals surface area (Å²) in [4.78, 5) is 15.1. The fourth-order valence-corrected chi connectivity index (χ4v) is 4.44. The minimum Gasteiger partial charge on any atom is -0.492 e. The number of aromatic nitrogens is 1. The number of aromatic amines is 1. The third-order valence-corrected chi connectivity index (χ3v) is 5.98. The zero-order chi connectivity index (χ0) is 19.8. The van der Waals surface area contributed by atoms with Gasteiger partial charge in [0, 0.05) is 40.8 Å². The molecule has 3 heterocycles. The molecule has 0 fully saturated rings. The second-order valence-corrected chi connectivity index (χ2v) is 7.88. The summed E-state index contributed by atoms with van der Waals surface area (Å²) < 4.78 is 19.4. The normalized spacial score (nSPS) is 17.7. The molecule has 5 rings (SSSR count). The van der Waals surface area contributed by atoms with Gasteiger partial charge in [-0.1, -0.05) is 0 Å². The Bertz CT molecular complexity index is 1080. The van der Waals surface area contributed by atoms with Crippen LogP contribution in [-0.4, -0.2) is 30.1 Å². The Morgan fingerprint density at radius 2 is 2.10 bits per heavy atom. The van der Waals surface area contributed by atoms with Gasteiger partial charge >= 0.3 is 0 Å². The average molecular weight is 393 g/mol. The number of carbonyl (C=O) groups excluding carboxylic acids is 1. The van der Waals surface area contributed by atoms with Gasteiger partial charge in [-0.05, 0) is 73.7 Å². The van der Waals surface area contributed by atoms with Crippen LogP contribution in [0.25, 0.3) is 10.9 Å². The summed E-state index contributed by atoms with van der Waals surface area (Å²) in [5.74, 6) is 0.723. The molecule has 0 bridgehead atoms. The van der Waals surface area contributed by atoms with Crippen LogP contribution in [0.15, 0.2) is 36.5 Å². The van der Waals surface area contributed by atoms with Crippen LogP contribution >= 0.6 is 0 Å². The fraction of sp³-hybridized carbons (Fsp3) is 0.348. The molecule has 5 nitrogen and oxygen atoms in total. The van der Waals surface area contributed by atoms with Crippen LogP contribution in [0, 0.1) is 5.82 Å². The fourth-order valence-electron chi connectivity index (χ4n) is 4.44. The van der Waals surface area contributed by atoms with Crippen LogP contribution < -0.4 is 15.4 Å². The van der Waals surface area contributed by atoms with E-state index in [1.807, 2.05) is 18.3 Å². The van der Waals surface area contributed by atoms with Crippen molar-refractivity contribution in [1.29, 1.82) is 0 Å². The van der Waals surface area contributed by atoms with Gasteiger partial charge in [-0.25, -0.2) is 4.39 Å². The third kappa shape index (κ3) is 3.49. The maximum absolute atomic E-state index is 13.5. The molecule has 3 aromatic rings. The number of hydrogen-bond acceptors (Lipinski definition) is 3. The molecule has 1 unspecified atom stereocenters. The van der Waals surface area contributed by atoms with E-state index in [9.17, 15) is 9.18 Å². The zero-order valence-electron chi connectivity index (χ0n) is 16.2. The highest BCUT2D eigenvalue weighted by Gasteiger charge is 2.28. The van der Waals surface area contributed by atoms with Crippen LogP contribution in [0.2, 0.25) is 0 Å². The Morgan fingerprint density at radius 3 is 3.03 bits per heavy atom. The highest BCUT2D eigenvalue weighted by Crippen LogP contribution is 2.32. The van der Waals surface area contributed by atoms with Gasteiger partial charge in [0.1, 0.15) is 18.2 Å². The molecule has 0 radical (unpaired) electrons. The van der Waals surface area contributed by atoms with Crippen LogP contribution in [0.1, 0.15) is 39.9 Å². The van der Waals surface area contributed by atoms with Crippen LogP contribution in [0.3, 0.4) is 0 Å². The highest BCUT2D eigenvalue weighted by molar-refractivity contribution is 5.99. The zero-order valence-corrected chi connectivity index (χ0v) is 16.2. The minimum absolute atomic E-state index is 0.00930. The Labute approximate surface area is 168 Å². The number of aryl methyl sites for hydroxylation is 1. The summed E-state index contributed by atoms with van der Waals surface area (Å²) in [7, 11) is 0. The number of fused-ring (bicyclic) bond motifs is 4. The first-order chi connectivity index (χ1) is 14.2. The molecule has 1 atom stereocenters. The molecule has 6 heteroatoms. The third-order valence-electron chi connectivity index (χ3n) is 5.98. The molecule has 150 valence electrons. The predicted molar refractivity (Wildman–Crippen MR) is 110 cm³/mol. The van der Waals surface area contributed by atoms with Crippen molar-refractivity contribution < 1.29 is 13.9 Å². The SMILES string of the molecule is O=C1NCc2c1ccc1c2CC(NCCCCc2c[nH]c3ccc(F)cc23)CO1. The van der Waals surface area contributed by atoms with Crippen LogP contribution in [0.4, 0.5) is 4.39 Å². The van der Waals surface area contributed by atoms with Gasteiger partial charge in [-0.3, -0.25) is 4.79 Å². The Hall–Kier alpha value is -2.86. The number of halogens is 1. The number of H-pyrrole nitrogens is 1. The number of carbonyl (C=O) groups is 1. The lowest BCUT2D eigenvalue weighted by Gasteiger charge is -2.27. The van der Waals surface area contributed by atoms with E-state index in [0.29, 0.717) is 13.2 Å². The van der Waals surface area contributed by atoms with Gasteiger partial charge < -0.3 is 20.4 Å². The smallest absolute Gasteiger partial charge is 0.251 e. The van der Waals surface area contributed by atoms with Crippen molar-refractivity contribution in [3.63, 3.8) is 0 Å². The molecule has 2 aliphatic heterocycles. The molecule has 0 saturated heterocycles. The maximum atomic E-state index is 13.5. The highest BCUT2D eigenvalue weighted by atomic mass is 19.1. The molecule has 29 heavy (non-hydrogen) atoms. The van der Waals surface area contributed by atoms with Gasteiger partial charge in [0.2, 0.25) is 0 Å². The largest absolute Gasteiger partial charge is 0.492 e. The summed E-state index contributed by atoms with van der Waals surface area (Å²) in [5.41, 5.74) is 5.18. The van der Waals surface area contributed by atoms with Crippen LogP contribution in [0.5, 0.6) is 5.75 Å². The van der Waals surface area contributed by atoms with Crippen molar-refractivity contribution in [2.75, 3.05) is 13.2 Å². The Kier molecular flexibility index (Phi) is 4.72. The molecule has 2 aromatic carbocycles. The van der Waals surface area contributed by atoms with Gasteiger partial charge in [0.25, 0.3) is 5.91 Å². The number of unbranched alkanes of at least 4 members (excludes halogenated alkanes) is 1. The number of ether oxygens (including phenoxy) is 1. The minimum atomic E-state index is -0.194. The van der Waals surface area contributed by atoms with E-state index in [0.717, 1.165) is 65.6 Å². The molecular formula is C23H24FN3O2. The number of rotatable bonds is 6. The van der Waals surface area contributed by atoms with Crippen molar-refractivity contribution in [2.24, 2.45) is 0 Å². The molecule has 0 aliphatic carbocycles. The maximum Gasteiger partial charge on any atom is 0.251 e. The first kappa shape index (κ1) is 18.2. The molecule has 0 saturated carbocycles. The van der Waals surface area contributed by atoms with Crippen molar-refractivity contribution in [2.45, 2.75) is 38.3 Å². The van der Waals surface area contributed by atoms with E-state index >= 15 is 0 Å². The molecular weight excluding hydrogens is 369 g/mol. The van der Waals surface area contributed by atoms with Crippen molar-refractivity contribution >= 4 is 16.8 Å². The van der Waals surface area contributed by atoms with Gasteiger partial charge in [-0.2, -0.15) is 0 Å². The van der Waals surface area contributed by atoms with E-state index in [1.165, 1.54) is 11.6 Å². The number of hydrogen-bond donors (Lipinski definition) is 3. The molecule has 1 amide bonds. The second-order valence-electron chi connectivity index (χ2n) is 7.88. The Morgan fingerprint density at radius 1 is 1.17 bits per heavy atom. The molecule has 3 N–H and O–H groups in total. The summed E-state index contributed by atoms with van der Waals surface area (Å²) in [6.45, 7) is 2.15. The van der Waals surface area contributed by atoms with E-state index in [4.69, 9.17) is 4.74 Å². The van der Waals surface area contributed by atoms with E-state index in [2.05, 4.69) is 15.6 Å². The molecule has 0 spiro atoms. The lowest BCUT2D eigenvalue weighted by atomic mass is 9.94. The van der Waals surface area contributed by atoms with Gasteiger partial charge in [0.05, 0.1) is 0 Å². The lowest BCUT2D eigenvalue weighted by Crippen LogP contribution is -2.40.